The number of nitrogens with zero attached hydrogens (tertiary/aromatic N) is 1. The molecule has 0 bridgehead atoms. The summed E-state index contributed by atoms with van der Waals surface area (Å²) in [6.45, 7) is 2.04. The van der Waals surface area contributed by atoms with Crippen LogP contribution in [0.2, 0.25) is 0 Å². The van der Waals surface area contributed by atoms with E-state index in [1.165, 1.54) is 0 Å². The van der Waals surface area contributed by atoms with Gasteiger partial charge >= 0.3 is 5.97 Å². The van der Waals surface area contributed by atoms with E-state index in [1.54, 1.807) is 7.11 Å². The summed E-state index contributed by atoms with van der Waals surface area (Å²) in [5.74, 6) is -0.654. The molecule has 0 radical (unpaired) electrons. The van der Waals surface area contributed by atoms with Gasteiger partial charge in [-0.25, -0.2) is 0 Å². The molecule has 0 saturated carbocycles. The van der Waals surface area contributed by atoms with Gasteiger partial charge < -0.3 is 9.47 Å². The van der Waals surface area contributed by atoms with E-state index in [-0.39, 0.29) is 18.4 Å². The Morgan fingerprint density at radius 2 is 1.90 bits per heavy atom. The van der Waals surface area contributed by atoms with Crippen LogP contribution < -0.4 is 4.74 Å². The van der Waals surface area contributed by atoms with Crippen molar-refractivity contribution in [3.63, 3.8) is 0 Å². The number of carbonyl (C=O) groups excluding carboxylic acids is 2. The Bertz CT molecular complexity index is 1020. The predicted molar refractivity (Wildman–Crippen MR) is 114 cm³/mol. The van der Waals surface area contributed by atoms with Gasteiger partial charge in [-0.05, 0) is 43.0 Å². The quantitative estimate of drug-likeness (QED) is 0.684. The molecule has 154 valence electrons. The smallest absolute Gasteiger partial charge is 0.315 e. The average molecular weight is 403 g/mol. The van der Waals surface area contributed by atoms with Gasteiger partial charge in [-0.15, -0.1) is 0 Å². The molecule has 2 aromatic carbocycles. The van der Waals surface area contributed by atoms with Crippen LogP contribution in [0.5, 0.6) is 5.75 Å². The van der Waals surface area contributed by atoms with Crippen molar-refractivity contribution in [3.8, 4) is 5.75 Å². The summed E-state index contributed by atoms with van der Waals surface area (Å²) in [6.07, 6.45) is 2.03. The fourth-order valence-electron chi connectivity index (χ4n) is 4.33. The SMILES string of the molecule is COc1cccc([C@@H]2C3=C(CCCC3=O)N=C(C)C2C(=O)OCc2ccccc2)c1. The number of allylic oxidation sites excluding steroid dienone is 2. The van der Waals surface area contributed by atoms with Gasteiger partial charge in [0.1, 0.15) is 18.3 Å². The molecule has 0 amide bonds. The van der Waals surface area contributed by atoms with Crippen molar-refractivity contribution >= 4 is 17.5 Å². The van der Waals surface area contributed by atoms with E-state index in [0.29, 0.717) is 23.5 Å². The van der Waals surface area contributed by atoms with Crippen molar-refractivity contribution in [2.45, 2.75) is 38.7 Å². The Morgan fingerprint density at radius 1 is 1.10 bits per heavy atom. The zero-order valence-corrected chi connectivity index (χ0v) is 17.3. The number of esters is 1. The zero-order chi connectivity index (χ0) is 21.1. The molecular formula is C25H25NO4. The third-order valence-electron chi connectivity index (χ3n) is 5.77. The lowest BCUT2D eigenvalue weighted by atomic mass is 9.71. The van der Waals surface area contributed by atoms with E-state index in [1.807, 2.05) is 61.5 Å². The van der Waals surface area contributed by atoms with E-state index < -0.39 is 11.8 Å². The highest BCUT2D eigenvalue weighted by Crippen LogP contribution is 2.44. The summed E-state index contributed by atoms with van der Waals surface area (Å²) in [7, 11) is 1.61. The van der Waals surface area contributed by atoms with Crippen molar-refractivity contribution in [3.05, 3.63) is 77.0 Å². The normalized spacial score (nSPS) is 21.0. The summed E-state index contributed by atoms with van der Waals surface area (Å²) in [5, 5.41) is 0. The number of carbonyl (C=O) groups is 2. The molecule has 1 unspecified atom stereocenters. The van der Waals surface area contributed by atoms with Crippen LogP contribution in [0.4, 0.5) is 0 Å². The van der Waals surface area contributed by atoms with Gasteiger partial charge in [0, 0.05) is 29.3 Å². The van der Waals surface area contributed by atoms with E-state index in [0.717, 1.165) is 29.7 Å². The van der Waals surface area contributed by atoms with Crippen LogP contribution in [0.3, 0.4) is 0 Å². The van der Waals surface area contributed by atoms with Crippen LogP contribution in [0.25, 0.3) is 0 Å². The molecule has 0 aromatic heterocycles. The van der Waals surface area contributed by atoms with Crippen molar-refractivity contribution in [1.82, 2.24) is 0 Å². The molecule has 0 saturated heterocycles. The summed E-state index contributed by atoms with van der Waals surface area (Å²) in [6, 6.07) is 17.2. The molecule has 30 heavy (non-hydrogen) atoms. The summed E-state index contributed by atoms with van der Waals surface area (Å²) in [5.41, 5.74) is 3.94. The van der Waals surface area contributed by atoms with Crippen molar-refractivity contribution in [2.75, 3.05) is 7.11 Å². The van der Waals surface area contributed by atoms with Crippen LogP contribution in [-0.4, -0.2) is 24.6 Å². The highest BCUT2D eigenvalue weighted by Gasteiger charge is 2.43. The molecule has 5 heteroatoms. The first-order valence-electron chi connectivity index (χ1n) is 10.2. The topological polar surface area (TPSA) is 65.0 Å². The lowest BCUT2D eigenvalue weighted by Gasteiger charge is -2.34. The maximum atomic E-state index is 13.2. The molecule has 4 rings (SSSR count). The summed E-state index contributed by atoms with van der Waals surface area (Å²) < 4.78 is 11.1. The minimum atomic E-state index is -0.637. The number of Topliss-reactive ketones (excluding diaryl/α,β-unsaturated/α-hetero) is 1. The number of hydrogen-bond donors (Lipinski definition) is 0. The molecule has 2 atom stereocenters. The first-order chi connectivity index (χ1) is 14.6. The number of ketones is 1. The van der Waals surface area contributed by atoms with Gasteiger partial charge in [-0.1, -0.05) is 42.5 Å². The fraction of sp³-hybridized carbons (Fsp3) is 0.320. The maximum absolute atomic E-state index is 13.2. The van der Waals surface area contributed by atoms with E-state index >= 15 is 0 Å². The molecule has 1 aliphatic heterocycles. The van der Waals surface area contributed by atoms with Gasteiger partial charge in [-0.3, -0.25) is 14.6 Å². The second kappa shape index (κ2) is 8.66. The van der Waals surface area contributed by atoms with Gasteiger partial charge in [0.15, 0.2) is 5.78 Å². The van der Waals surface area contributed by atoms with Crippen LogP contribution >= 0.6 is 0 Å². The summed E-state index contributed by atoms with van der Waals surface area (Å²) in [4.78, 5) is 30.8. The predicted octanol–water partition coefficient (Wildman–Crippen LogP) is 4.62. The molecule has 1 heterocycles. The Labute approximate surface area is 176 Å². The Hall–Kier alpha value is -3.21. The highest BCUT2D eigenvalue weighted by molar-refractivity contribution is 6.08. The van der Waals surface area contributed by atoms with Crippen LogP contribution in [0, 0.1) is 5.92 Å². The third-order valence-corrected chi connectivity index (χ3v) is 5.77. The Balaban J connectivity index is 1.71. The molecule has 0 N–H and O–H groups in total. The number of benzene rings is 2. The third kappa shape index (κ3) is 3.92. The van der Waals surface area contributed by atoms with Gasteiger partial charge in [-0.2, -0.15) is 0 Å². The molecule has 5 nitrogen and oxygen atoms in total. The van der Waals surface area contributed by atoms with Crippen LogP contribution in [0.15, 0.2) is 70.9 Å². The van der Waals surface area contributed by atoms with Crippen molar-refractivity contribution in [2.24, 2.45) is 10.9 Å². The minimum absolute atomic E-state index is 0.0705. The molecule has 2 aliphatic rings. The van der Waals surface area contributed by atoms with Crippen LogP contribution in [0.1, 0.15) is 43.2 Å². The summed E-state index contributed by atoms with van der Waals surface area (Å²) >= 11 is 0. The number of rotatable bonds is 5. The number of hydrogen-bond acceptors (Lipinski definition) is 5. The second-order valence-electron chi connectivity index (χ2n) is 7.72. The van der Waals surface area contributed by atoms with Crippen LogP contribution in [-0.2, 0) is 20.9 Å². The highest BCUT2D eigenvalue weighted by atomic mass is 16.5. The Morgan fingerprint density at radius 3 is 2.67 bits per heavy atom. The minimum Gasteiger partial charge on any atom is -0.497 e. The van der Waals surface area contributed by atoms with Crippen molar-refractivity contribution in [1.29, 1.82) is 0 Å². The molecule has 0 spiro atoms. The molecule has 1 aliphatic carbocycles. The number of aliphatic imine (C=N–C) groups is 1. The van der Waals surface area contributed by atoms with Gasteiger partial charge in [0.25, 0.3) is 0 Å². The maximum Gasteiger partial charge on any atom is 0.315 e. The molecular weight excluding hydrogens is 378 g/mol. The molecule has 2 aromatic rings. The number of methoxy groups -OCH3 is 1. The Kier molecular flexibility index (Phi) is 5.79. The second-order valence-corrected chi connectivity index (χ2v) is 7.72. The first-order valence-corrected chi connectivity index (χ1v) is 10.2. The van der Waals surface area contributed by atoms with E-state index in [2.05, 4.69) is 4.99 Å². The monoisotopic (exact) mass is 403 g/mol. The van der Waals surface area contributed by atoms with E-state index in [9.17, 15) is 9.59 Å². The van der Waals surface area contributed by atoms with Crippen molar-refractivity contribution < 1.29 is 19.1 Å². The first kappa shape index (κ1) is 20.1. The zero-order valence-electron chi connectivity index (χ0n) is 17.3. The lowest BCUT2D eigenvalue weighted by Crippen LogP contribution is -2.37. The molecule has 0 fully saturated rings. The van der Waals surface area contributed by atoms with Gasteiger partial charge in [0.2, 0.25) is 0 Å². The average Bonchev–Trinajstić information content (AvgIpc) is 2.77. The standard InChI is InChI=1S/C25H25NO4/c1-16-22(25(28)30-15-17-8-4-3-5-9-17)23(18-10-6-11-19(14-18)29-2)24-20(26-16)12-7-13-21(24)27/h3-6,8-11,14,22-23H,7,12-13,15H2,1-2H3/t22?,23-/m0/s1. The fourth-order valence-corrected chi connectivity index (χ4v) is 4.33. The van der Waals surface area contributed by atoms with E-state index in [4.69, 9.17) is 9.47 Å². The van der Waals surface area contributed by atoms with Gasteiger partial charge in [0.05, 0.1) is 7.11 Å². The largest absolute Gasteiger partial charge is 0.497 e. The lowest BCUT2D eigenvalue weighted by molar-refractivity contribution is -0.148. The number of ether oxygens (including phenoxy) is 2.